The molecule has 0 radical (unpaired) electrons. The van der Waals surface area contributed by atoms with E-state index in [-0.39, 0.29) is 12.2 Å². The molecule has 21 heavy (non-hydrogen) atoms. The number of benzene rings is 2. The Morgan fingerprint density at radius 3 is 1.33 bits per heavy atom. The normalized spacial score (nSPS) is 13.5. The molecule has 0 unspecified atom stereocenters. The van der Waals surface area contributed by atoms with E-state index in [1.165, 1.54) is 11.1 Å². The van der Waals surface area contributed by atoms with Gasteiger partial charge in [0.15, 0.2) is 0 Å². The van der Waals surface area contributed by atoms with Crippen molar-refractivity contribution in [3.63, 3.8) is 0 Å². The van der Waals surface area contributed by atoms with E-state index in [0.717, 1.165) is 17.9 Å². The van der Waals surface area contributed by atoms with E-state index >= 15 is 0 Å². The first kappa shape index (κ1) is 15.4. The third-order valence-corrected chi connectivity index (χ3v) is 3.38. The molecule has 0 amide bonds. The fourth-order valence-corrected chi connectivity index (χ4v) is 2.26. The van der Waals surface area contributed by atoms with Crippen LogP contribution in [0.25, 0.3) is 0 Å². The van der Waals surface area contributed by atoms with Gasteiger partial charge in [-0.1, -0.05) is 35.4 Å². The Bertz CT molecular complexity index is 491. The number of aryl methyl sites for hydroxylation is 2. The number of hydrogen-bond donors (Lipinski definition) is 0. The van der Waals surface area contributed by atoms with E-state index in [9.17, 15) is 0 Å². The fourth-order valence-electron chi connectivity index (χ4n) is 2.26. The van der Waals surface area contributed by atoms with E-state index in [0.29, 0.717) is 0 Å². The van der Waals surface area contributed by atoms with Crippen LogP contribution in [0.3, 0.4) is 0 Å². The van der Waals surface area contributed by atoms with Crippen molar-refractivity contribution in [3.05, 3.63) is 59.7 Å². The second-order valence-corrected chi connectivity index (χ2v) is 5.72. The van der Waals surface area contributed by atoms with Gasteiger partial charge in [-0.15, -0.1) is 0 Å². The standard InChI is InChI=1S/C19H24O2/c1-14-5-9-18(10-6-14)20-16(3)13-17(4)21-19-11-7-15(2)8-12-19/h5-12,16-17H,13H2,1-4H3/t16-,17-/m0/s1. The molecular formula is C19H24O2. The highest BCUT2D eigenvalue weighted by Gasteiger charge is 2.11. The van der Waals surface area contributed by atoms with Crippen LogP contribution in [0, 0.1) is 13.8 Å². The van der Waals surface area contributed by atoms with Crippen molar-refractivity contribution in [1.29, 1.82) is 0 Å². The predicted molar refractivity (Wildman–Crippen MR) is 87.2 cm³/mol. The highest BCUT2D eigenvalue weighted by molar-refractivity contribution is 5.27. The average Bonchev–Trinajstić information content (AvgIpc) is 2.44. The molecule has 0 heterocycles. The molecule has 0 spiro atoms. The summed E-state index contributed by atoms with van der Waals surface area (Å²) in [4.78, 5) is 0. The maximum atomic E-state index is 5.92. The Kier molecular flexibility index (Phi) is 5.26. The topological polar surface area (TPSA) is 18.5 Å². The van der Waals surface area contributed by atoms with Crippen LogP contribution in [0.15, 0.2) is 48.5 Å². The van der Waals surface area contributed by atoms with E-state index in [1.807, 2.05) is 24.3 Å². The largest absolute Gasteiger partial charge is 0.491 e. The van der Waals surface area contributed by atoms with E-state index in [2.05, 4.69) is 52.0 Å². The highest BCUT2D eigenvalue weighted by atomic mass is 16.5. The predicted octanol–water partition coefficient (Wildman–Crippen LogP) is 4.93. The summed E-state index contributed by atoms with van der Waals surface area (Å²) in [6, 6.07) is 16.3. The van der Waals surface area contributed by atoms with Crippen molar-refractivity contribution in [2.75, 3.05) is 0 Å². The molecule has 0 aromatic heterocycles. The lowest BCUT2D eigenvalue weighted by molar-refractivity contribution is 0.131. The molecule has 2 heteroatoms. The van der Waals surface area contributed by atoms with Crippen molar-refractivity contribution < 1.29 is 9.47 Å². The Labute approximate surface area is 127 Å². The van der Waals surface area contributed by atoms with Gasteiger partial charge in [0.1, 0.15) is 11.5 Å². The summed E-state index contributed by atoms with van der Waals surface area (Å²) < 4.78 is 11.8. The first-order valence-corrected chi connectivity index (χ1v) is 7.49. The molecule has 0 aliphatic rings. The third kappa shape index (κ3) is 5.14. The van der Waals surface area contributed by atoms with Gasteiger partial charge in [-0.3, -0.25) is 0 Å². The summed E-state index contributed by atoms with van der Waals surface area (Å²) >= 11 is 0. The first-order chi connectivity index (χ1) is 10.0. The molecule has 0 N–H and O–H groups in total. The van der Waals surface area contributed by atoms with E-state index in [1.54, 1.807) is 0 Å². The number of hydrogen-bond acceptors (Lipinski definition) is 2. The molecule has 2 rings (SSSR count). The van der Waals surface area contributed by atoms with Crippen molar-refractivity contribution in [3.8, 4) is 11.5 Å². The smallest absolute Gasteiger partial charge is 0.119 e. The summed E-state index contributed by atoms with van der Waals surface area (Å²) in [5.41, 5.74) is 2.48. The first-order valence-electron chi connectivity index (χ1n) is 7.49. The van der Waals surface area contributed by atoms with Gasteiger partial charge in [0.2, 0.25) is 0 Å². The summed E-state index contributed by atoms with van der Waals surface area (Å²) in [6.07, 6.45) is 1.09. The summed E-state index contributed by atoms with van der Waals surface area (Å²) in [6.45, 7) is 8.30. The average molecular weight is 284 g/mol. The Balaban J connectivity index is 1.82. The second kappa shape index (κ2) is 7.16. The van der Waals surface area contributed by atoms with Crippen LogP contribution in [0.5, 0.6) is 11.5 Å². The molecule has 2 aromatic rings. The number of rotatable bonds is 6. The Morgan fingerprint density at radius 2 is 1.00 bits per heavy atom. The van der Waals surface area contributed by atoms with Gasteiger partial charge in [0, 0.05) is 6.42 Å². The second-order valence-electron chi connectivity index (χ2n) is 5.72. The minimum Gasteiger partial charge on any atom is -0.491 e. The van der Waals surface area contributed by atoms with Crippen LogP contribution in [0.2, 0.25) is 0 Å². The molecule has 2 atom stereocenters. The van der Waals surface area contributed by atoms with Crippen LogP contribution in [0.1, 0.15) is 31.4 Å². The SMILES string of the molecule is Cc1ccc(O[C@@H](C)C[C@H](C)Oc2ccc(C)cc2)cc1. The van der Waals surface area contributed by atoms with Crippen molar-refractivity contribution in [2.24, 2.45) is 0 Å². The zero-order valence-electron chi connectivity index (χ0n) is 13.3. The van der Waals surface area contributed by atoms with Gasteiger partial charge >= 0.3 is 0 Å². The fraction of sp³-hybridized carbons (Fsp3) is 0.368. The quantitative estimate of drug-likeness (QED) is 0.749. The van der Waals surface area contributed by atoms with Gasteiger partial charge in [-0.25, -0.2) is 0 Å². The van der Waals surface area contributed by atoms with Gasteiger partial charge in [-0.05, 0) is 52.0 Å². The molecular weight excluding hydrogens is 260 g/mol. The van der Waals surface area contributed by atoms with Gasteiger partial charge < -0.3 is 9.47 Å². The summed E-state index contributed by atoms with van der Waals surface area (Å²) in [5, 5.41) is 0. The summed E-state index contributed by atoms with van der Waals surface area (Å²) in [7, 11) is 0. The molecule has 2 nitrogen and oxygen atoms in total. The van der Waals surface area contributed by atoms with Crippen LogP contribution in [-0.2, 0) is 0 Å². The lowest BCUT2D eigenvalue weighted by Gasteiger charge is -2.20. The van der Waals surface area contributed by atoms with Crippen molar-refractivity contribution >= 4 is 0 Å². The van der Waals surface area contributed by atoms with Crippen LogP contribution in [0.4, 0.5) is 0 Å². The zero-order valence-corrected chi connectivity index (χ0v) is 13.3. The van der Waals surface area contributed by atoms with Gasteiger partial charge in [0.25, 0.3) is 0 Å². The van der Waals surface area contributed by atoms with Gasteiger partial charge in [-0.2, -0.15) is 0 Å². The van der Waals surface area contributed by atoms with Crippen LogP contribution in [-0.4, -0.2) is 12.2 Å². The molecule has 0 saturated heterocycles. The van der Waals surface area contributed by atoms with Crippen LogP contribution < -0.4 is 9.47 Å². The summed E-state index contributed by atoms with van der Waals surface area (Å²) in [5.74, 6) is 1.83. The Hall–Kier alpha value is -1.96. The van der Waals surface area contributed by atoms with Gasteiger partial charge in [0.05, 0.1) is 12.2 Å². The zero-order chi connectivity index (χ0) is 15.2. The molecule has 0 bridgehead atoms. The maximum Gasteiger partial charge on any atom is 0.119 e. The van der Waals surface area contributed by atoms with E-state index in [4.69, 9.17) is 9.47 Å². The van der Waals surface area contributed by atoms with Crippen molar-refractivity contribution in [1.82, 2.24) is 0 Å². The monoisotopic (exact) mass is 284 g/mol. The van der Waals surface area contributed by atoms with E-state index < -0.39 is 0 Å². The maximum absolute atomic E-state index is 5.92. The van der Waals surface area contributed by atoms with Crippen LogP contribution >= 0.6 is 0 Å². The number of ether oxygens (including phenoxy) is 2. The molecule has 0 aliphatic carbocycles. The molecule has 0 fully saturated rings. The lowest BCUT2D eigenvalue weighted by atomic mass is 10.2. The Morgan fingerprint density at radius 1 is 0.667 bits per heavy atom. The minimum atomic E-state index is 0.119. The third-order valence-electron chi connectivity index (χ3n) is 3.38. The van der Waals surface area contributed by atoms with Crippen molar-refractivity contribution in [2.45, 2.75) is 46.3 Å². The molecule has 0 aliphatic heterocycles. The molecule has 112 valence electrons. The molecule has 0 saturated carbocycles. The highest BCUT2D eigenvalue weighted by Crippen LogP contribution is 2.18. The molecule has 2 aromatic carbocycles. The lowest BCUT2D eigenvalue weighted by Crippen LogP contribution is -2.22. The minimum absolute atomic E-state index is 0.119.